The van der Waals surface area contributed by atoms with E-state index >= 15 is 0 Å². The molecule has 0 saturated carbocycles. The molecule has 0 aliphatic carbocycles. The Kier molecular flexibility index (Phi) is 7.39. The topological polar surface area (TPSA) is 55.2 Å². The smallest absolute Gasteiger partial charge is 0.216 e. The number of nitrogens with zero attached hydrogens (tertiary/aromatic N) is 3. The molecule has 0 radical (unpaired) electrons. The number of H-pyrrole nitrogens is 1. The van der Waals surface area contributed by atoms with Gasteiger partial charge in [0.1, 0.15) is 5.75 Å². The van der Waals surface area contributed by atoms with Crippen molar-refractivity contribution in [3.8, 4) is 17.1 Å². The van der Waals surface area contributed by atoms with Crippen LogP contribution in [0.2, 0.25) is 5.02 Å². The summed E-state index contributed by atoms with van der Waals surface area (Å²) in [5.74, 6) is 1.48. The van der Waals surface area contributed by atoms with Crippen LogP contribution < -0.4 is 4.74 Å². The number of aromatic nitrogens is 3. The van der Waals surface area contributed by atoms with Gasteiger partial charge < -0.3 is 4.74 Å². The normalized spacial score (nSPS) is 11.2. The zero-order chi connectivity index (χ0) is 19.8. The van der Waals surface area contributed by atoms with E-state index < -0.39 is 0 Å². The maximum Gasteiger partial charge on any atom is 0.216 e. The van der Waals surface area contributed by atoms with E-state index in [9.17, 15) is 0 Å². The highest BCUT2D eigenvalue weighted by atomic mass is 35.5. The highest BCUT2D eigenvalue weighted by molar-refractivity contribution is 7.71. The van der Waals surface area contributed by atoms with Crippen molar-refractivity contribution >= 4 is 30.0 Å². The first-order valence-corrected chi connectivity index (χ1v) is 10.2. The number of hydrogen-bond acceptors (Lipinski definition) is 4. The Bertz CT molecular complexity index is 979. The molecule has 0 aliphatic heterocycles. The Labute approximate surface area is 175 Å². The van der Waals surface area contributed by atoms with Gasteiger partial charge in [-0.25, -0.2) is 5.10 Å². The Balaban J connectivity index is 1.68. The zero-order valence-electron chi connectivity index (χ0n) is 15.8. The van der Waals surface area contributed by atoms with E-state index in [2.05, 4.69) is 22.2 Å². The molecule has 3 aromatic rings. The van der Waals surface area contributed by atoms with Gasteiger partial charge in [0.05, 0.1) is 12.8 Å². The molecule has 0 bridgehead atoms. The second kappa shape index (κ2) is 10.2. The minimum Gasteiger partial charge on any atom is -0.494 e. The number of ether oxygens (including phenoxy) is 1. The van der Waals surface area contributed by atoms with E-state index in [4.69, 9.17) is 28.6 Å². The van der Waals surface area contributed by atoms with Gasteiger partial charge in [-0.05, 0) is 60.6 Å². The summed E-state index contributed by atoms with van der Waals surface area (Å²) < 4.78 is 7.77. The van der Waals surface area contributed by atoms with Gasteiger partial charge in [-0.3, -0.25) is 0 Å². The van der Waals surface area contributed by atoms with Crippen molar-refractivity contribution in [2.45, 2.75) is 32.6 Å². The first kappa shape index (κ1) is 20.3. The Hall–Kier alpha value is -2.44. The van der Waals surface area contributed by atoms with E-state index in [0.717, 1.165) is 29.9 Å². The number of unbranched alkanes of at least 4 members (excludes halogenated alkanes) is 3. The van der Waals surface area contributed by atoms with Crippen LogP contribution in [0.3, 0.4) is 0 Å². The summed E-state index contributed by atoms with van der Waals surface area (Å²) in [6, 6.07) is 15.3. The summed E-state index contributed by atoms with van der Waals surface area (Å²) >= 11 is 11.4. The summed E-state index contributed by atoms with van der Waals surface area (Å²) in [7, 11) is 0. The lowest BCUT2D eigenvalue weighted by Crippen LogP contribution is -1.97. The third-order valence-electron chi connectivity index (χ3n) is 4.20. The van der Waals surface area contributed by atoms with E-state index in [1.165, 1.54) is 19.3 Å². The van der Waals surface area contributed by atoms with Crippen LogP contribution in [0.15, 0.2) is 53.6 Å². The van der Waals surface area contributed by atoms with Gasteiger partial charge >= 0.3 is 0 Å². The number of hydrogen-bond donors (Lipinski definition) is 1. The molecule has 0 aliphatic rings. The second-order valence-electron chi connectivity index (χ2n) is 6.40. The maximum absolute atomic E-state index is 6.08. The fraction of sp³-hybridized carbons (Fsp3) is 0.286. The monoisotopic (exact) mass is 414 g/mol. The molecule has 0 spiro atoms. The van der Waals surface area contributed by atoms with Crippen molar-refractivity contribution in [1.82, 2.24) is 14.9 Å². The molecule has 0 saturated heterocycles. The lowest BCUT2D eigenvalue weighted by Gasteiger charge is -2.06. The molecule has 1 aromatic heterocycles. The van der Waals surface area contributed by atoms with Crippen LogP contribution in [0.25, 0.3) is 11.4 Å². The predicted molar refractivity (Wildman–Crippen MR) is 117 cm³/mol. The van der Waals surface area contributed by atoms with Crippen LogP contribution in [0.4, 0.5) is 0 Å². The van der Waals surface area contributed by atoms with Gasteiger partial charge in [0.25, 0.3) is 0 Å². The third-order valence-corrected chi connectivity index (χ3v) is 4.70. The fourth-order valence-electron chi connectivity index (χ4n) is 2.71. The number of benzene rings is 2. The van der Waals surface area contributed by atoms with Crippen molar-refractivity contribution in [3.05, 3.63) is 63.9 Å². The SMILES string of the molecule is CCCCCCOc1ccc(/C=N\n2c(-c3cccc(Cl)c3)n[nH]c2=S)cc1. The van der Waals surface area contributed by atoms with Crippen molar-refractivity contribution < 1.29 is 4.74 Å². The molecule has 0 unspecified atom stereocenters. The average Bonchev–Trinajstić information content (AvgIpc) is 3.07. The average molecular weight is 415 g/mol. The van der Waals surface area contributed by atoms with Crippen molar-refractivity contribution in [3.63, 3.8) is 0 Å². The Morgan fingerprint density at radius 2 is 2.00 bits per heavy atom. The van der Waals surface area contributed by atoms with Gasteiger partial charge in [-0.15, -0.1) is 0 Å². The van der Waals surface area contributed by atoms with Gasteiger partial charge in [0.2, 0.25) is 4.77 Å². The lowest BCUT2D eigenvalue weighted by molar-refractivity contribution is 0.305. The van der Waals surface area contributed by atoms with Crippen LogP contribution >= 0.6 is 23.8 Å². The number of halogens is 1. The molecule has 1 N–H and O–H groups in total. The number of nitrogens with one attached hydrogen (secondary N) is 1. The van der Waals surface area contributed by atoms with E-state index in [0.29, 0.717) is 15.6 Å². The molecule has 28 heavy (non-hydrogen) atoms. The minimum atomic E-state index is 0.415. The predicted octanol–water partition coefficient (Wildman–Crippen LogP) is 6.10. The molecule has 0 amide bonds. The molecular weight excluding hydrogens is 392 g/mol. The number of aromatic amines is 1. The third kappa shape index (κ3) is 5.53. The van der Waals surface area contributed by atoms with Crippen LogP contribution in [-0.2, 0) is 0 Å². The van der Waals surface area contributed by atoms with Gasteiger partial charge in [0.15, 0.2) is 5.82 Å². The van der Waals surface area contributed by atoms with Crippen LogP contribution in [-0.4, -0.2) is 27.7 Å². The zero-order valence-corrected chi connectivity index (χ0v) is 17.3. The molecule has 2 aromatic carbocycles. The molecule has 7 heteroatoms. The van der Waals surface area contributed by atoms with Gasteiger partial charge in [0, 0.05) is 10.6 Å². The van der Waals surface area contributed by atoms with Gasteiger partial charge in [-0.1, -0.05) is 49.9 Å². The van der Waals surface area contributed by atoms with E-state index in [1.807, 2.05) is 48.5 Å². The fourth-order valence-corrected chi connectivity index (χ4v) is 3.08. The molecule has 0 fully saturated rings. The van der Waals surface area contributed by atoms with Crippen molar-refractivity contribution in [2.24, 2.45) is 5.10 Å². The van der Waals surface area contributed by atoms with Crippen molar-refractivity contribution in [2.75, 3.05) is 6.61 Å². The Morgan fingerprint density at radius 1 is 1.18 bits per heavy atom. The van der Waals surface area contributed by atoms with Crippen LogP contribution in [0.1, 0.15) is 38.2 Å². The first-order chi connectivity index (χ1) is 13.7. The van der Waals surface area contributed by atoms with E-state index in [-0.39, 0.29) is 0 Å². The summed E-state index contributed by atoms with van der Waals surface area (Å²) in [6.07, 6.45) is 6.52. The van der Waals surface area contributed by atoms with Crippen LogP contribution in [0.5, 0.6) is 5.75 Å². The summed E-state index contributed by atoms with van der Waals surface area (Å²) in [4.78, 5) is 0. The molecular formula is C21H23ClN4OS. The van der Waals surface area contributed by atoms with Crippen molar-refractivity contribution in [1.29, 1.82) is 0 Å². The molecule has 1 heterocycles. The van der Waals surface area contributed by atoms with Crippen LogP contribution in [0, 0.1) is 4.77 Å². The first-order valence-electron chi connectivity index (χ1n) is 9.38. The lowest BCUT2D eigenvalue weighted by atomic mass is 10.2. The summed E-state index contributed by atoms with van der Waals surface area (Å²) in [6.45, 7) is 2.95. The summed E-state index contributed by atoms with van der Waals surface area (Å²) in [5, 5.41) is 12.1. The highest BCUT2D eigenvalue weighted by Gasteiger charge is 2.08. The molecule has 146 valence electrons. The second-order valence-corrected chi connectivity index (χ2v) is 7.22. The molecule has 0 atom stereocenters. The molecule has 5 nitrogen and oxygen atoms in total. The highest BCUT2D eigenvalue weighted by Crippen LogP contribution is 2.21. The maximum atomic E-state index is 6.08. The minimum absolute atomic E-state index is 0.415. The van der Waals surface area contributed by atoms with E-state index in [1.54, 1.807) is 10.9 Å². The Morgan fingerprint density at radius 3 is 2.75 bits per heavy atom. The largest absolute Gasteiger partial charge is 0.494 e. The number of rotatable bonds is 9. The summed E-state index contributed by atoms with van der Waals surface area (Å²) in [5.41, 5.74) is 1.78. The van der Waals surface area contributed by atoms with Gasteiger partial charge in [-0.2, -0.15) is 14.9 Å². The molecule has 3 rings (SSSR count). The standard InChI is InChI=1S/C21H23ClN4OS/c1-2-3-4-5-13-27-19-11-9-16(10-12-19)15-23-26-20(24-25-21(26)28)17-7-6-8-18(22)14-17/h6-12,14-15H,2-5,13H2,1H3,(H,25,28)/b23-15-. The quantitative estimate of drug-likeness (QED) is 0.261.